The second-order valence-corrected chi connectivity index (χ2v) is 3.40. The van der Waals surface area contributed by atoms with Gasteiger partial charge in [0.05, 0.1) is 25.5 Å². The van der Waals surface area contributed by atoms with Crippen LogP contribution in [-0.2, 0) is 0 Å². The fourth-order valence-corrected chi connectivity index (χ4v) is 1.49. The lowest BCUT2D eigenvalue weighted by atomic mass is 10.1. The Morgan fingerprint density at radius 2 is 1.94 bits per heavy atom. The van der Waals surface area contributed by atoms with Crippen LogP contribution in [0.1, 0.15) is 5.69 Å². The summed E-state index contributed by atoms with van der Waals surface area (Å²) in [6.07, 6.45) is 0. The van der Waals surface area contributed by atoms with Gasteiger partial charge in [0.1, 0.15) is 11.5 Å². The van der Waals surface area contributed by atoms with Gasteiger partial charge in [0.2, 0.25) is 0 Å². The summed E-state index contributed by atoms with van der Waals surface area (Å²) in [7, 11) is 3.23. The zero-order chi connectivity index (χ0) is 11.5. The minimum Gasteiger partial charge on any atom is -0.497 e. The van der Waals surface area contributed by atoms with Crippen molar-refractivity contribution in [2.75, 3.05) is 14.2 Å². The molecule has 1 aromatic heterocycles. The van der Waals surface area contributed by atoms with Gasteiger partial charge in [-0.3, -0.25) is 0 Å². The van der Waals surface area contributed by atoms with E-state index in [4.69, 9.17) is 14.0 Å². The highest BCUT2D eigenvalue weighted by atomic mass is 16.5. The molecular formula is C12H13NO3. The molecule has 1 heterocycles. The summed E-state index contributed by atoms with van der Waals surface area (Å²) in [4.78, 5) is 0. The Kier molecular flexibility index (Phi) is 2.81. The van der Waals surface area contributed by atoms with Crippen molar-refractivity contribution in [3.8, 4) is 22.8 Å². The van der Waals surface area contributed by atoms with Crippen LogP contribution < -0.4 is 9.47 Å². The van der Waals surface area contributed by atoms with Gasteiger partial charge in [-0.2, -0.15) is 0 Å². The quantitative estimate of drug-likeness (QED) is 0.796. The number of aryl methyl sites for hydroxylation is 1. The van der Waals surface area contributed by atoms with Crippen LogP contribution in [0.4, 0.5) is 0 Å². The van der Waals surface area contributed by atoms with Crippen molar-refractivity contribution in [2.45, 2.75) is 6.92 Å². The Bertz CT molecular complexity index is 491. The third kappa shape index (κ3) is 1.86. The van der Waals surface area contributed by atoms with E-state index in [1.54, 1.807) is 14.2 Å². The van der Waals surface area contributed by atoms with Gasteiger partial charge >= 0.3 is 0 Å². The number of hydrogen-bond acceptors (Lipinski definition) is 4. The minimum absolute atomic E-state index is 0.692. The van der Waals surface area contributed by atoms with E-state index >= 15 is 0 Å². The van der Waals surface area contributed by atoms with Gasteiger partial charge in [-0.15, -0.1) is 0 Å². The number of nitrogens with zero attached hydrogens (tertiary/aromatic N) is 1. The Balaban J connectivity index is 2.48. The highest BCUT2D eigenvalue weighted by molar-refractivity contribution is 5.67. The second kappa shape index (κ2) is 4.26. The zero-order valence-corrected chi connectivity index (χ0v) is 9.48. The normalized spacial score (nSPS) is 10.2. The molecule has 0 saturated heterocycles. The van der Waals surface area contributed by atoms with Gasteiger partial charge in [-0.1, -0.05) is 5.16 Å². The number of methoxy groups -OCH3 is 2. The van der Waals surface area contributed by atoms with Crippen LogP contribution in [-0.4, -0.2) is 19.4 Å². The van der Waals surface area contributed by atoms with E-state index in [1.807, 2.05) is 31.2 Å². The fourth-order valence-electron chi connectivity index (χ4n) is 1.49. The first-order valence-electron chi connectivity index (χ1n) is 4.90. The Labute approximate surface area is 93.8 Å². The molecule has 84 valence electrons. The number of benzene rings is 1. The lowest BCUT2D eigenvalue weighted by molar-refractivity contribution is 0.390. The zero-order valence-electron chi connectivity index (χ0n) is 9.48. The van der Waals surface area contributed by atoms with Crippen LogP contribution >= 0.6 is 0 Å². The summed E-state index contributed by atoms with van der Waals surface area (Å²) in [6, 6.07) is 7.42. The first-order chi connectivity index (χ1) is 7.74. The van der Waals surface area contributed by atoms with E-state index in [2.05, 4.69) is 5.16 Å². The third-order valence-corrected chi connectivity index (χ3v) is 2.30. The molecule has 0 radical (unpaired) electrons. The average molecular weight is 219 g/mol. The average Bonchev–Trinajstić information content (AvgIpc) is 2.74. The van der Waals surface area contributed by atoms with Gasteiger partial charge in [0.15, 0.2) is 5.76 Å². The molecule has 4 nitrogen and oxygen atoms in total. The largest absolute Gasteiger partial charge is 0.497 e. The molecule has 0 aliphatic heterocycles. The lowest BCUT2D eigenvalue weighted by Gasteiger charge is -2.07. The molecule has 0 aliphatic carbocycles. The van der Waals surface area contributed by atoms with Crippen molar-refractivity contribution in [3.63, 3.8) is 0 Å². The second-order valence-electron chi connectivity index (χ2n) is 3.40. The fraction of sp³-hybridized carbons (Fsp3) is 0.250. The summed E-state index contributed by atoms with van der Waals surface area (Å²) < 4.78 is 15.6. The lowest BCUT2D eigenvalue weighted by Crippen LogP contribution is -1.89. The monoisotopic (exact) mass is 219 g/mol. The molecule has 2 aromatic rings. The number of hydrogen-bond donors (Lipinski definition) is 0. The maximum Gasteiger partial charge on any atom is 0.170 e. The predicted molar refractivity (Wildman–Crippen MR) is 59.8 cm³/mol. The van der Waals surface area contributed by atoms with E-state index in [0.29, 0.717) is 11.5 Å². The van der Waals surface area contributed by atoms with Crippen molar-refractivity contribution in [2.24, 2.45) is 0 Å². The highest BCUT2D eigenvalue weighted by Gasteiger charge is 2.11. The number of ether oxygens (including phenoxy) is 2. The van der Waals surface area contributed by atoms with Crippen molar-refractivity contribution in [3.05, 3.63) is 30.0 Å². The van der Waals surface area contributed by atoms with Gasteiger partial charge in [0.25, 0.3) is 0 Å². The molecular weight excluding hydrogens is 206 g/mol. The Hall–Kier alpha value is -1.97. The summed E-state index contributed by atoms with van der Waals surface area (Å²) >= 11 is 0. The molecule has 0 N–H and O–H groups in total. The third-order valence-electron chi connectivity index (χ3n) is 2.30. The van der Waals surface area contributed by atoms with Gasteiger partial charge in [-0.25, -0.2) is 0 Å². The van der Waals surface area contributed by atoms with Crippen molar-refractivity contribution >= 4 is 0 Å². The van der Waals surface area contributed by atoms with Crippen LogP contribution in [0.3, 0.4) is 0 Å². The smallest absolute Gasteiger partial charge is 0.170 e. The molecule has 0 unspecified atom stereocenters. The molecule has 0 saturated carbocycles. The molecule has 0 aliphatic rings. The predicted octanol–water partition coefficient (Wildman–Crippen LogP) is 2.67. The van der Waals surface area contributed by atoms with Crippen molar-refractivity contribution in [1.29, 1.82) is 0 Å². The van der Waals surface area contributed by atoms with Crippen LogP contribution in [0.5, 0.6) is 11.5 Å². The van der Waals surface area contributed by atoms with Crippen LogP contribution in [0.25, 0.3) is 11.3 Å². The summed E-state index contributed by atoms with van der Waals surface area (Å²) in [5, 5.41) is 3.85. The Morgan fingerprint density at radius 1 is 1.12 bits per heavy atom. The standard InChI is InChI=1S/C12H13NO3/c1-8-6-12(16-13-8)10-5-4-9(14-2)7-11(10)15-3/h4-7H,1-3H3. The molecule has 0 fully saturated rings. The summed E-state index contributed by atoms with van der Waals surface area (Å²) in [5.41, 5.74) is 1.71. The molecule has 4 heteroatoms. The molecule has 0 amide bonds. The van der Waals surface area contributed by atoms with Crippen LogP contribution in [0.2, 0.25) is 0 Å². The topological polar surface area (TPSA) is 44.5 Å². The first-order valence-corrected chi connectivity index (χ1v) is 4.90. The van der Waals surface area contributed by atoms with Gasteiger partial charge in [0, 0.05) is 12.1 Å². The minimum atomic E-state index is 0.692. The van der Waals surface area contributed by atoms with Crippen molar-refractivity contribution in [1.82, 2.24) is 5.16 Å². The molecule has 0 atom stereocenters. The molecule has 0 bridgehead atoms. The summed E-state index contributed by atoms with van der Waals surface area (Å²) in [5.74, 6) is 2.14. The molecule has 16 heavy (non-hydrogen) atoms. The number of rotatable bonds is 3. The highest BCUT2D eigenvalue weighted by Crippen LogP contribution is 2.33. The molecule has 2 rings (SSSR count). The van der Waals surface area contributed by atoms with E-state index in [0.717, 1.165) is 17.0 Å². The molecule has 0 spiro atoms. The maximum atomic E-state index is 5.28. The van der Waals surface area contributed by atoms with Gasteiger partial charge < -0.3 is 14.0 Å². The molecule has 1 aromatic carbocycles. The van der Waals surface area contributed by atoms with Crippen LogP contribution in [0, 0.1) is 6.92 Å². The van der Waals surface area contributed by atoms with Crippen molar-refractivity contribution < 1.29 is 14.0 Å². The first kappa shape index (κ1) is 10.5. The van der Waals surface area contributed by atoms with Crippen LogP contribution in [0.15, 0.2) is 28.8 Å². The SMILES string of the molecule is COc1ccc(-c2cc(C)no2)c(OC)c1. The van der Waals surface area contributed by atoms with Gasteiger partial charge in [-0.05, 0) is 19.1 Å². The van der Waals surface area contributed by atoms with E-state index in [1.165, 1.54) is 0 Å². The number of aromatic nitrogens is 1. The summed E-state index contributed by atoms with van der Waals surface area (Å²) in [6.45, 7) is 1.88. The van der Waals surface area contributed by atoms with E-state index < -0.39 is 0 Å². The Morgan fingerprint density at radius 3 is 2.50 bits per heavy atom. The maximum absolute atomic E-state index is 5.28. The van der Waals surface area contributed by atoms with E-state index in [-0.39, 0.29) is 0 Å². The van der Waals surface area contributed by atoms with E-state index in [9.17, 15) is 0 Å².